The van der Waals surface area contributed by atoms with Crippen molar-refractivity contribution in [3.63, 3.8) is 0 Å². The summed E-state index contributed by atoms with van der Waals surface area (Å²) in [6.45, 7) is 3.45. The first-order valence-electron chi connectivity index (χ1n) is 8.46. The Labute approximate surface area is 132 Å². The summed E-state index contributed by atoms with van der Waals surface area (Å²) in [5.74, 6) is 2.25. The minimum Gasteiger partial charge on any atom is -0.383 e. The molecule has 0 radical (unpaired) electrons. The highest BCUT2D eigenvalue weighted by Crippen LogP contribution is 2.42. The topological polar surface area (TPSA) is 68.8 Å². The quantitative estimate of drug-likeness (QED) is 0.860. The third-order valence-electron chi connectivity index (χ3n) is 5.34. The maximum atomic E-state index is 5.95. The van der Waals surface area contributed by atoms with Crippen molar-refractivity contribution in [1.82, 2.24) is 19.9 Å². The molecule has 3 rings (SSSR count). The van der Waals surface area contributed by atoms with Crippen molar-refractivity contribution >= 4 is 16.9 Å². The summed E-state index contributed by atoms with van der Waals surface area (Å²) in [7, 11) is 2.04. The Morgan fingerprint density at radius 3 is 3.05 bits per heavy atom. The molecule has 2 heterocycles. The zero-order valence-electron chi connectivity index (χ0n) is 13.6. The van der Waals surface area contributed by atoms with Gasteiger partial charge in [-0.05, 0) is 57.2 Å². The van der Waals surface area contributed by atoms with E-state index in [4.69, 9.17) is 5.73 Å². The number of nitrogens with two attached hydrogens (primary N) is 1. The molecule has 22 heavy (non-hydrogen) atoms. The van der Waals surface area contributed by atoms with Crippen molar-refractivity contribution in [1.29, 1.82) is 0 Å². The van der Waals surface area contributed by atoms with E-state index in [0.29, 0.717) is 11.9 Å². The Bertz CT molecular complexity index is 621. The first-order valence-corrected chi connectivity index (χ1v) is 8.46. The summed E-state index contributed by atoms with van der Waals surface area (Å²) < 4.78 is 2.32. The second kappa shape index (κ2) is 6.65. The zero-order chi connectivity index (χ0) is 15.5. The second-order valence-electron chi connectivity index (χ2n) is 6.51. The average Bonchev–Trinajstić information content (AvgIpc) is 3.15. The standard InChI is InChI=1S/C17H27N5/c1-3-12(6-8-19-2)13-4-5-14(10-13)22-9-7-15-16(18)20-11-21-17(15)22/h7,9,11-14,19H,3-6,8,10H2,1-2H3,(H2,18,20,21). The van der Waals surface area contributed by atoms with Gasteiger partial charge in [-0.25, -0.2) is 9.97 Å². The second-order valence-corrected chi connectivity index (χ2v) is 6.51. The van der Waals surface area contributed by atoms with E-state index >= 15 is 0 Å². The minimum atomic E-state index is 0.556. The normalized spacial score (nSPS) is 23.2. The molecule has 3 N–H and O–H groups in total. The lowest BCUT2D eigenvalue weighted by Crippen LogP contribution is -2.18. The van der Waals surface area contributed by atoms with Gasteiger partial charge in [0.25, 0.3) is 0 Å². The Balaban J connectivity index is 1.75. The number of fused-ring (bicyclic) bond motifs is 1. The van der Waals surface area contributed by atoms with Gasteiger partial charge in [0.05, 0.1) is 5.39 Å². The number of aromatic nitrogens is 3. The summed E-state index contributed by atoms with van der Waals surface area (Å²) in [5, 5.41) is 4.27. The lowest BCUT2D eigenvalue weighted by atomic mass is 9.86. The lowest BCUT2D eigenvalue weighted by molar-refractivity contribution is 0.299. The molecule has 0 aliphatic heterocycles. The monoisotopic (exact) mass is 301 g/mol. The van der Waals surface area contributed by atoms with Gasteiger partial charge in [-0.15, -0.1) is 0 Å². The molecule has 0 aromatic carbocycles. The van der Waals surface area contributed by atoms with Gasteiger partial charge < -0.3 is 15.6 Å². The van der Waals surface area contributed by atoms with Crippen LogP contribution in [0.25, 0.3) is 11.0 Å². The van der Waals surface area contributed by atoms with Crippen molar-refractivity contribution in [3.8, 4) is 0 Å². The van der Waals surface area contributed by atoms with E-state index in [9.17, 15) is 0 Å². The molecule has 5 heteroatoms. The number of nitrogens with one attached hydrogen (secondary N) is 1. The van der Waals surface area contributed by atoms with Crippen molar-refractivity contribution in [2.75, 3.05) is 19.3 Å². The molecule has 2 aromatic rings. The highest BCUT2D eigenvalue weighted by atomic mass is 15.1. The van der Waals surface area contributed by atoms with Gasteiger partial charge >= 0.3 is 0 Å². The first kappa shape index (κ1) is 15.3. The number of hydrogen-bond donors (Lipinski definition) is 2. The van der Waals surface area contributed by atoms with Gasteiger partial charge in [0, 0.05) is 12.2 Å². The molecule has 3 unspecified atom stereocenters. The third-order valence-corrected chi connectivity index (χ3v) is 5.34. The number of hydrogen-bond acceptors (Lipinski definition) is 4. The van der Waals surface area contributed by atoms with Crippen LogP contribution in [-0.2, 0) is 0 Å². The van der Waals surface area contributed by atoms with Crippen molar-refractivity contribution in [3.05, 3.63) is 18.6 Å². The Hall–Kier alpha value is -1.62. The molecule has 1 saturated carbocycles. The molecular weight excluding hydrogens is 274 g/mol. The fourth-order valence-electron chi connectivity index (χ4n) is 4.06. The molecule has 0 spiro atoms. The molecule has 0 saturated heterocycles. The largest absolute Gasteiger partial charge is 0.383 e. The predicted octanol–water partition coefficient (Wildman–Crippen LogP) is 2.99. The first-order chi connectivity index (χ1) is 10.7. The van der Waals surface area contributed by atoms with Crippen molar-refractivity contribution in [2.45, 2.75) is 45.1 Å². The smallest absolute Gasteiger partial charge is 0.145 e. The van der Waals surface area contributed by atoms with Crippen LogP contribution >= 0.6 is 0 Å². The van der Waals surface area contributed by atoms with Crippen LogP contribution in [-0.4, -0.2) is 28.1 Å². The molecule has 0 amide bonds. The summed E-state index contributed by atoms with van der Waals surface area (Å²) in [5.41, 5.74) is 6.94. The van der Waals surface area contributed by atoms with Crippen LogP contribution in [0.3, 0.4) is 0 Å². The van der Waals surface area contributed by atoms with Crippen LogP contribution < -0.4 is 11.1 Å². The summed E-state index contributed by atoms with van der Waals surface area (Å²) >= 11 is 0. The molecule has 1 fully saturated rings. The van der Waals surface area contributed by atoms with Gasteiger partial charge in [-0.1, -0.05) is 13.3 Å². The highest BCUT2D eigenvalue weighted by molar-refractivity contribution is 5.86. The predicted molar refractivity (Wildman–Crippen MR) is 90.6 cm³/mol. The van der Waals surface area contributed by atoms with E-state index in [1.165, 1.54) is 32.1 Å². The zero-order valence-corrected chi connectivity index (χ0v) is 13.6. The molecular formula is C17H27N5. The molecule has 5 nitrogen and oxygen atoms in total. The maximum Gasteiger partial charge on any atom is 0.145 e. The number of anilines is 1. The van der Waals surface area contributed by atoms with E-state index in [0.717, 1.165) is 29.4 Å². The fraction of sp³-hybridized carbons (Fsp3) is 0.647. The number of rotatable bonds is 6. The number of nitrogen functional groups attached to an aromatic ring is 1. The Kier molecular flexibility index (Phi) is 4.62. The molecule has 2 aromatic heterocycles. The Morgan fingerprint density at radius 2 is 2.27 bits per heavy atom. The van der Waals surface area contributed by atoms with Gasteiger partial charge in [0.15, 0.2) is 0 Å². The van der Waals surface area contributed by atoms with E-state index in [1.807, 2.05) is 7.05 Å². The van der Waals surface area contributed by atoms with E-state index in [1.54, 1.807) is 6.33 Å². The summed E-state index contributed by atoms with van der Waals surface area (Å²) in [4.78, 5) is 8.53. The van der Waals surface area contributed by atoms with E-state index in [-0.39, 0.29) is 0 Å². The van der Waals surface area contributed by atoms with Crippen LogP contribution in [0.2, 0.25) is 0 Å². The van der Waals surface area contributed by atoms with Crippen LogP contribution in [0, 0.1) is 11.8 Å². The highest BCUT2D eigenvalue weighted by Gasteiger charge is 2.31. The number of nitrogens with zero attached hydrogens (tertiary/aromatic N) is 3. The van der Waals surface area contributed by atoms with Crippen LogP contribution in [0.1, 0.15) is 45.1 Å². The van der Waals surface area contributed by atoms with Gasteiger partial charge in [0.1, 0.15) is 17.8 Å². The third kappa shape index (κ3) is 2.82. The fourth-order valence-corrected chi connectivity index (χ4v) is 4.06. The molecule has 120 valence electrons. The summed E-state index contributed by atoms with van der Waals surface area (Å²) in [6, 6.07) is 2.61. The SMILES string of the molecule is CCC(CCNC)C1CCC(n2ccc3c(N)ncnc32)C1. The summed E-state index contributed by atoms with van der Waals surface area (Å²) in [6.07, 6.45) is 10.1. The average molecular weight is 301 g/mol. The minimum absolute atomic E-state index is 0.556. The Morgan fingerprint density at radius 1 is 1.41 bits per heavy atom. The van der Waals surface area contributed by atoms with E-state index < -0.39 is 0 Å². The van der Waals surface area contributed by atoms with E-state index in [2.05, 4.69) is 39.0 Å². The lowest BCUT2D eigenvalue weighted by Gasteiger charge is -2.22. The van der Waals surface area contributed by atoms with Gasteiger partial charge in [-0.2, -0.15) is 0 Å². The van der Waals surface area contributed by atoms with Crippen molar-refractivity contribution < 1.29 is 0 Å². The van der Waals surface area contributed by atoms with Crippen molar-refractivity contribution in [2.24, 2.45) is 11.8 Å². The van der Waals surface area contributed by atoms with Crippen LogP contribution in [0.15, 0.2) is 18.6 Å². The van der Waals surface area contributed by atoms with Gasteiger partial charge in [-0.3, -0.25) is 0 Å². The molecule has 1 aliphatic rings. The molecule has 0 bridgehead atoms. The van der Waals surface area contributed by atoms with Gasteiger partial charge in [0.2, 0.25) is 0 Å². The molecule has 3 atom stereocenters. The van der Waals surface area contributed by atoms with Crippen LogP contribution in [0.5, 0.6) is 0 Å². The maximum absolute atomic E-state index is 5.95. The molecule has 1 aliphatic carbocycles. The van der Waals surface area contributed by atoms with Crippen LogP contribution in [0.4, 0.5) is 5.82 Å².